The summed E-state index contributed by atoms with van der Waals surface area (Å²) in [5.74, 6) is 1.13. The Bertz CT molecular complexity index is 1790. The first kappa shape index (κ1) is 29.8. The molecule has 0 spiro atoms. The van der Waals surface area contributed by atoms with Gasteiger partial charge in [0, 0.05) is 81.7 Å². The van der Waals surface area contributed by atoms with Crippen LogP contribution >= 0.6 is 0 Å². The summed E-state index contributed by atoms with van der Waals surface area (Å²) in [6.45, 7) is 8.29. The lowest BCUT2D eigenvalue weighted by atomic mass is 9.88. The van der Waals surface area contributed by atoms with Gasteiger partial charge in [-0.25, -0.2) is 0 Å². The number of piperazine rings is 1. The number of allylic oxidation sites excluding steroid dienone is 1. The van der Waals surface area contributed by atoms with Crippen molar-refractivity contribution in [1.82, 2.24) is 15.2 Å². The van der Waals surface area contributed by atoms with Gasteiger partial charge in [-0.3, -0.25) is 14.7 Å². The lowest BCUT2D eigenvalue weighted by Crippen LogP contribution is -2.49. The molecule has 0 bridgehead atoms. The Hall–Kier alpha value is -4.62. The Morgan fingerprint density at radius 2 is 1.45 bits per heavy atom. The minimum absolute atomic E-state index is 0.0520. The minimum atomic E-state index is 0.0520. The van der Waals surface area contributed by atoms with Crippen LogP contribution in [0, 0.1) is 5.92 Å². The first-order valence-corrected chi connectivity index (χ1v) is 17.3. The van der Waals surface area contributed by atoms with E-state index in [1.165, 1.54) is 64.2 Å². The van der Waals surface area contributed by atoms with Gasteiger partial charge in [0.05, 0.1) is 0 Å². The lowest BCUT2D eigenvalue weighted by molar-refractivity contribution is 0.0965. The van der Waals surface area contributed by atoms with Crippen molar-refractivity contribution in [2.75, 3.05) is 55.6 Å². The molecule has 1 amide bonds. The van der Waals surface area contributed by atoms with Gasteiger partial charge < -0.3 is 20.2 Å². The van der Waals surface area contributed by atoms with Crippen molar-refractivity contribution in [3.05, 3.63) is 119 Å². The maximum Gasteiger partial charge on any atom is 0.251 e. The number of aromatic hydroxyl groups is 1. The van der Waals surface area contributed by atoms with Crippen molar-refractivity contribution in [2.24, 2.45) is 5.92 Å². The molecule has 0 atom stereocenters. The zero-order valence-corrected chi connectivity index (χ0v) is 27.0. The molecule has 1 aliphatic carbocycles. The largest absolute Gasteiger partial charge is 0.508 e. The summed E-state index contributed by atoms with van der Waals surface area (Å²) in [5, 5.41) is 13.2. The number of hydrogen-bond donors (Lipinski definition) is 2. The van der Waals surface area contributed by atoms with Crippen LogP contribution in [0.4, 0.5) is 11.4 Å². The quantitative estimate of drug-likeness (QED) is 0.260. The molecule has 4 aromatic rings. The van der Waals surface area contributed by atoms with Crippen LogP contribution in [0.1, 0.15) is 63.9 Å². The van der Waals surface area contributed by atoms with Crippen LogP contribution in [0.2, 0.25) is 0 Å². The number of fused-ring (bicyclic) bond motifs is 2. The van der Waals surface area contributed by atoms with Crippen LogP contribution in [0.5, 0.6) is 5.75 Å². The monoisotopic (exact) mass is 625 g/mol. The first-order valence-electron chi connectivity index (χ1n) is 17.3. The molecular formula is C40H43N5O2. The molecule has 0 radical (unpaired) electrons. The standard InChI is InChI=1S/C40H43N5O2/c46-35-9-11-37-31(25-35)2-1-3-36(29-12-16-41-17-13-29)39(37)30-4-6-33(7-5-30)44-18-14-28(15-19-44)27-43-20-22-45(23-21-43)34-8-10-38-32(24-34)26-42-40(38)47/h4-13,16-17,24-25,28,46H,1-3,14-15,18-23,26-27H2,(H,42,47). The summed E-state index contributed by atoms with van der Waals surface area (Å²) in [5.41, 5.74) is 12.0. The van der Waals surface area contributed by atoms with Crippen molar-refractivity contribution in [3.8, 4) is 5.75 Å². The number of anilines is 2. The molecule has 47 heavy (non-hydrogen) atoms. The number of carbonyl (C=O) groups is 1. The molecule has 3 aromatic carbocycles. The summed E-state index contributed by atoms with van der Waals surface area (Å²) in [6.07, 6.45) is 9.22. The van der Waals surface area contributed by atoms with Crippen LogP contribution in [0.3, 0.4) is 0 Å². The van der Waals surface area contributed by atoms with E-state index in [0.29, 0.717) is 12.3 Å². The second-order valence-electron chi connectivity index (χ2n) is 13.6. The second-order valence-corrected chi connectivity index (χ2v) is 13.6. The minimum Gasteiger partial charge on any atom is -0.508 e. The highest BCUT2D eigenvalue weighted by molar-refractivity contribution is 6.00. The van der Waals surface area contributed by atoms with Crippen molar-refractivity contribution in [1.29, 1.82) is 0 Å². The number of benzene rings is 3. The molecule has 0 unspecified atom stereocenters. The van der Waals surface area contributed by atoms with E-state index in [0.717, 1.165) is 75.6 Å². The van der Waals surface area contributed by atoms with Gasteiger partial charge in [0.25, 0.3) is 5.91 Å². The third kappa shape index (κ3) is 6.12. The third-order valence-electron chi connectivity index (χ3n) is 10.7. The van der Waals surface area contributed by atoms with Crippen LogP contribution in [-0.2, 0) is 13.0 Å². The predicted molar refractivity (Wildman–Crippen MR) is 189 cm³/mol. The van der Waals surface area contributed by atoms with Crippen molar-refractivity contribution in [3.63, 3.8) is 0 Å². The van der Waals surface area contributed by atoms with Crippen LogP contribution in [0.25, 0.3) is 11.1 Å². The van der Waals surface area contributed by atoms with Gasteiger partial charge >= 0.3 is 0 Å². The smallest absolute Gasteiger partial charge is 0.251 e. The van der Waals surface area contributed by atoms with E-state index in [4.69, 9.17) is 0 Å². The van der Waals surface area contributed by atoms with Crippen LogP contribution in [-0.4, -0.2) is 66.7 Å². The molecule has 3 aliphatic heterocycles. The highest BCUT2D eigenvalue weighted by Crippen LogP contribution is 2.41. The average Bonchev–Trinajstić information content (AvgIpc) is 3.38. The van der Waals surface area contributed by atoms with Crippen LogP contribution < -0.4 is 15.1 Å². The van der Waals surface area contributed by atoms with Crippen LogP contribution in [0.15, 0.2) is 85.2 Å². The van der Waals surface area contributed by atoms with Gasteiger partial charge in [0.1, 0.15) is 5.75 Å². The van der Waals surface area contributed by atoms with Gasteiger partial charge in [0.15, 0.2) is 0 Å². The maximum atomic E-state index is 11.9. The summed E-state index contributed by atoms with van der Waals surface area (Å²) < 4.78 is 0. The molecule has 2 fully saturated rings. The number of phenols is 1. The molecule has 1 aromatic heterocycles. The number of hydrogen-bond acceptors (Lipinski definition) is 6. The molecule has 2 N–H and O–H groups in total. The number of carbonyl (C=O) groups excluding carboxylic acids is 1. The third-order valence-corrected chi connectivity index (χ3v) is 10.7. The number of amides is 1. The fourth-order valence-electron chi connectivity index (χ4n) is 8.13. The van der Waals surface area contributed by atoms with E-state index < -0.39 is 0 Å². The number of aromatic nitrogens is 1. The number of rotatable bonds is 6. The van der Waals surface area contributed by atoms with Crippen molar-refractivity contribution < 1.29 is 9.90 Å². The number of aryl methyl sites for hydroxylation is 1. The van der Waals surface area contributed by atoms with Crippen molar-refractivity contribution >= 4 is 28.4 Å². The molecule has 7 heteroatoms. The van der Waals surface area contributed by atoms with Crippen molar-refractivity contribution in [2.45, 2.75) is 38.6 Å². The van der Waals surface area contributed by atoms with E-state index in [1.807, 2.05) is 30.6 Å². The average molecular weight is 626 g/mol. The van der Waals surface area contributed by atoms with Gasteiger partial charge in [0.2, 0.25) is 0 Å². The highest BCUT2D eigenvalue weighted by atomic mass is 16.3. The summed E-state index contributed by atoms with van der Waals surface area (Å²) in [4.78, 5) is 23.9. The fourth-order valence-corrected chi connectivity index (χ4v) is 8.13. The van der Waals surface area contributed by atoms with E-state index in [1.54, 1.807) is 0 Å². The van der Waals surface area contributed by atoms with E-state index in [9.17, 15) is 9.90 Å². The molecule has 7 nitrogen and oxygen atoms in total. The molecule has 0 saturated carbocycles. The molecular weight excluding hydrogens is 582 g/mol. The Morgan fingerprint density at radius 3 is 2.23 bits per heavy atom. The zero-order chi connectivity index (χ0) is 31.7. The van der Waals surface area contributed by atoms with E-state index in [2.05, 4.69) is 79.6 Å². The molecule has 4 aliphatic rings. The Balaban J connectivity index is 0.905. The first-order chi connectivity index (χ1) is 23.1. The second kappa shape index (κ2) is 12.9. The zero-order valence-electron chi connectivity index (χ0n) is 27.0. The van der Waals surface area contributed by atoms with Gasteiger partial charge in [-0.05, 0) is 132 Å². The highest BCUT2D eigenvalue weighted by Gasteiger charge is 2.26. The Kier molecular flexibility index (Phi) is 8.16. The van der Waals surface area contributed by atoms with Gasteiger partial charge in [-0.1, -0.05) is 18.2 Å². The van der Waals surface area contributed by atoms with Gasteiger partial charge in [-0.15, -0.1) is 0 Å². The topological polar surface area (TPSA) is 71.9 Å². The Morgan fingerprint density at radius 1 is 0.723 bits per heavy atom. The SMILES string of the molecule is O=C1NCc2cc(N3CCN(CC4CCN(c5ccc(C6=C(c7ccncc7)CCCc7cc(O)ccc76)cc5)CC4)CC3)ccc21. The normalized spacial score (nSPS) is 18.9. The number of nitrogens with one attached hydrogen (secondary N) is 1. The number of phenolic OH excluding ortho intramolecular Hbond substituents is 1. The van der Waals surface area contributed by atoms with E-state index in [-0.39, 0.29) is 5.91 Å². The lowest BCUT2D eigenvalue weighted by Gasteiger charge is -2.40. The molecule has 240 valence electrons. The number of nitrogens with zero attached hydrogens (tertiary/aromatic N) is 4. The number of pyridine rings is 1. The van der Waals surface area contributed by atoms with E-state index >= 15 is 0 Å². The fraction of sp³-hybridized carbons (Fsp3) is 0.350. The van der Waals surface area contributed by atoms with Gasteiger partial charge in [-0.2, -0.15) is 0 Å². The Labute approximate surface area is 277 Å². The molecule has 4 heterocycles. The number of piperidine rings is 1. The summed E-state index contributed by atoms with van der Waals surface area (Å²) >= 11 is 0. The predicted octanol–water partition coefficient (Wildman–Crippen LogP) is 6.36. The summed E-state index contributed by atoms with van der Waals surface area (Å²) in [7, 11) is 0. The maximum absolute atomic E-state index is 11.9. The molecule has 2 saturated heterocycles. The molecule has 8 rings (SSSR count). The summed E-state index contributed by atoms with van der Waals surface area (Å²) in [6, 6.07) is 25.6.